The lowest BCUT2D eigenvalue weighted by atomic mass is 9.70. The van der Waals surface area contributed by atoms with E-state index in [9.17, 15) is 5.11 Å². The first-order chi connectivity index (χ1) is 9.65. The van der Waals surface area contributed by atoms with Gasteiger partial charge in [-0.05, 0) is 49.3 Å². The average Bonchev–Trinajstić information content (AvgIpc) is 2.71. The topological polar surface area (TPSA) is 23.5 Å². The Morgan fingerprint density at radius 3 is 2.75 bits per heavy atom. The van der Waals surface area contributed by atoms with E-state index in [1.165, 1.54) is 18.4 Å². The Labute approximate surface area is 129 Å². The van der Waals surface area contributed by atoms with Crippen molar-refractivity contribution in [1.29, 1.82) is 0 Å². The summed E-state index contributed by atoms with van der Waals surface area (Å²) < 4.78 is 0. The van der Waals surface area contributed by atoms with Crippen molar-refractivity contribution in [2.75, 3.05) is 6.54 Å². The predicted octanol–water partition coefficient (Wildman–Crippen LogP) is 3.69. The molecule has 4 rings (SSSR count). The number of hydrogen-bond donors (Lipinski definition) is 1. The molecular weight excluding hydrogens is 293 g/mol. The van der Waals surface area contributed by atoms with E-state index in [-0.39, 0.29) is 6.10 Å². The normalized spacial score (nSPS) is 42.8. The van der Waals surface area contributed by atoms with Gasteiger partial charge in [0.15, 0.2) is 0 Å². The van der Waals surface area contributed by atoms with E-state index in [0.717, 1.165) is 19.4 Å². The average molecular weight is 312 g/mol. The molecule has 2 unspecified atom stereocenters. The second-order valence-corrected chi connectivity index (χ2v) is 7.30. The van der Waals surface area contributed by atoms with Crippen LogP contribution in [0.4, 0.5) is 0 Å². The zero-order valence-electron chi connectivity index (χ0n) is 11.3. The quantitative estimate of drug-likeness (QED) is 0.855. The summed E-state index contributed by atoms with van der Waals surface area (Å²) in [6, 6.07) is 7.25. The molecule has 0 aromatic heterocycles. The van der Waals surface area contributed by atoms with Gasteiger partial charge in [0.1, 0.15) is 0 Å². The third kappa shape index (κ3) is 1.93. The van der Waals surface area contributed by atoms with E-state index >= 15 is 0 Å². The van der Waals surface area contributed by atoms with Gasteiger partial charge in [-0.15, -0.1) is 0 Å². The van der Waals surface area contributed by atoms with Crippen molar-refractivity contribution in [2.24, 2.45) is 5.92 Å². The van der Waals surface area contributed by atoms with Crippen LogP contribution >= 0.6 is 23.2 Å². The van der Waals surface area contributed by atoms with Crippen molar-refractivity contribution in [2.45, 2.75) is 49.8 Å². The molecule has 3 saturated heterocycles. The number of rotatable bonds is 1. The van der Waals surface area contributed by atoms with Gasteiger partial charge in [-0.3, -0.25) is 4.90 Å². The lowest BCUT2D eigenvalue weighted by Crippen LogP contribution is -2.56. The lowest BCUT2D eigenvalue weighted by molar-refractivity contribution is -0.0542. The standard InChI is InChI=1S/C16H19Cl2NO/c17-12-3-1-9(7-13(12)18)11-8-10-2-4-14-16(11)15(20)5-6-19(10)14/h1,3,7,10-11,14-16,20H,2,4-6,8H2/t10-,11+,14+,15?,16-/m0/s1. The van der Waals surface area contributed by atoms with E-state index in [0.29, 0.717) is 34.0 Å². The van der Waals surface area contributed by atoms with Gasteiger partial charge in [0.25, 0.3) is 0 Å². The van der Waals surface area contributed by atoms with Crippen LogP contribution in [0.25, 0.3) is 0 Å². The van der Waals surface area contributed by atoms with E-state index < -0.39 is 0 Å². The lowest BCUT2D eigenvalue weighted by Gasteiger charge is -2.50. The van der Waals surface area contributed by atoms with Crippen molar-refractivity contribution in [3.63, 3.8) is 0 Å². The molecule has 3 fully saturated rings. The summed E-state index contributed by atoms with van der Waals surface area (Å²) in [5, 5.41) is 11.8. The Balaban J connectivity index is 1.72. The highest BCUT2D eigenvalue weighted by Gasteiger charge is 2.52. The molecule has 6 atom stereocenters. The number of nitrogens with zero attached hydrogens (tertiary/aromatic N) is 1. The van der Waals surface area contributed by atoms with Crippen molar-refractivity contribution in [3.05, 3.63) is 33.8 Å². The van der Waals surface area contributed by atoms with Gasteiger partial charge in [-0.1, -0.05) is 29.3 Å². The van der Waals surface area contributed by atoms with E-state index in [2.05, 4.69) is 11.0 Å². The van der Waals surface area contributed by atoms with Crippen LogP contribution in [-0.2, 0) is 0 Å². The van der Waals surface area contributed by atoms with Crippen LogP contribution in [0, 0.1) is 5.92 Å². The third-order valence-electron chi connectivity index (χ3n) is 5.62. The number of aliphatic hydroxyl groups is 1. The highest BCUT2D eigenvalue weighted by Crippen LogP contribution is 2.51. The molecule has 1 N–H and O–H groups in total. The van der Waals surface area contributed by atoms with Gasteiger partial charge < -0.3 is 5.11 Å². The zero-order valence-corrected chi connectivity index (χ0v) is 12.8. The molecule has 4 heteroatoms. The minimum Gasteiger partial charge on any atom is -0.393 e. The van der Waals surface area contributed by atoms with Gasteiger partial charge in [0.2, 0.25) is 0 Å². The van der Waals surface area contributed by atoms with Gasteiger partial charge in [-0.25, -0.2) is 0 Å². The van der Waals surface area contributed by atoms with Crippen molar-refractivity contribution < 1.29 is 5.11 Å². The van der Waals surface area contributed by atoms with Crippen molar-refractivity contribution >= 4 is 23.2 Å². The molecular formula is C16H19Cl2NO. The summed E-state index contributed by atoms with van der Waals surface area (Å²) >= 11 is 12.2. The highest BCUT2D eigenvalue weighted by molar-refractivity contribution is 6.42. The van der Waals surface area contributed by atoms with Crippen molar-refractivity contribution in [1.82, 2.24) is 4.90 Å². The molecule has 4 bridgehead atoms. The molecule has 0 saturated carbocycles. The van der Waals surface area contributed by atoms with Gasteiger partial charge in [0, 0.05) is 24.5 Å². The summed E-state index contributed by atoms with van der Waals surface area (Å²) in [6.07, 6.45) is 4.41. The molecule has 3 aliphatic rings. The molecule has 0 aliphatic carbocycles. The summed E-state index contributed by atoms with van der Waals surface area (Å²) in [5.41, 5.74) is 1.25. The minimum atomic E-state index is -0.172. The molecule has 3 heterocycles. The molecule has 1 aromatic rings. The van der Waals surface area contributed by atoms with Crippen LogP contribution in [-0.4, -0.2) is 34.7 Å². The molecule has 3 aliphatic heterocycles. The van der Waals surface area contributed by atoms with E-state index in [1.54, 1.807) is 0 Å². The molecule has 2 nitrogen and oxygen atoms in total. The monoisotopic (exact) mass is 311 g/mol. The van der Waals surface area contributed by atoms with Crippen LogP contribution in [0.1, 0.15) is 37.2 Å². The molecule has 0 amide bonds. The van der Waals surface area contributed by atoms with Crippen LogP contribution in [0.3, 0.4) is 0 Å². The Morgan fingerprint density at radius 2 is 1.95 bits per heavy atom. The summed E-state index contributed by atoms with van der Waals surface area (Å²) in [5.74, 6) is 0.786. The van der Waals surface area contributed by atoms with E-state index in [1.807, 2.05) is 12.1 Å². The number of piperidine rings is 2. The number of halogens is 2. The Kier molecular flexibility index (Phi) is 3.26. The maximum absolute atomic E-state index is 10.5. The number of hydrogen-bond acceptors (Lipinski definition) is 2. The second kappa shape index (κ2) is 4.88. The second-order valence-electron chi connectivity index (χ2n) is 6.49. The predicted molar refractivity (Wildman–Crippen MR) is 81.4 cm³/mol. The molecule has 1 aromatic carbocycles. The Bertz CT molecular complexity index is 535. The highest BCUT2D eigenvalue weighted by atomic mass is 35.5. The SMILES string of the molecule is OC1CCN2[C@H]3CC[C@@H]2[C@@H]1[C@@H](c1ccc(Cl)c(Cl)c1)C3. The third-order valence-corrected chi connectivity index (χ3v) is 6.36. The van der Waals surface area contributed by atoms with Crippen LogP contribution in [0.15, 0.2) is 18.2 Å². The summed E-state index contributed by atoms with van der Waals surface area (Å²) in [7, 11) is 0. The summed E-state index contributed by atoms with van der Waals surface area (Å²) in [4.78, 5) is 2.64. The maximum Gasteiger partial charge on any atom is 0.0601 e. The number of benzene rings is 1. The van der Waals surface area contributed by atoms with Crippen molar-refractivity contribution in [3.8, 4) is 0 Å². The first-order valence-corrected chi connectivity index (χ1v) is 8.29. The van der Waals surface area contributed by atoms with Gasteiger partial charge in [0.05, 0.1) is 16.1 Å². The molecule has 108 valence electrons. The first-order valence-electron chi connectivity index (χ1n) is 7.54. The zero-order chi connectivity index (χ0) is 13.9. The fraction of sp³-hybridized carbons (Fsp3) is 0.625. The minimum absolute atomic E-state index is 0.172. The van der Waals surface area contributed by atoms with Crippen LogP contribution in [0.2, 0.25) is 10.0 Å². The van der Waals surface area contributed by atoms with E-state index in [4.69, 9.17) is 23.2 Å². The van der Waals surface area contributed by atoms with Crippen LogP contribution in [0.5, 0.6) is 0 Å². The first kappa shape index (κ1) is 13.4. The van der Waals surface area contributed by atoms with Gasteiger partial charge in [-0.2, -0.15) is 0 Å². The maximum atomic E-state index is 10.5. The fourth-order valence-electron chi connectivity index (χ4n) is 4.80. The number of aliphatic hydroxyl groups excluding tert-OH is 1. The Hall–Kier alpha value is -0.280. The van der Waals surface area contributed by atoms with Gasteiger partial charge >= 0.3 is 0 Å². The molecule has 0 spiro atoms. The Morgan fingerprint density at radius 1 is 1.10 bits per heavy atom. The molecule has 0 radical (unpaired) electrons. The largest absolute Gasteiger partial charge is 0.393 e. The smallest absolute Gasteiger partial charge is 0.0601 e. The van der Waals surface area contributed by atoms with Crippen LogP contribution < -0.4 is 0 Å². The summed E-state index contributed by atoms with van der Waals surface area (Å²) in [6.45, 7) is 1.07. The molecule has 20 heavy (non-hydrogen) atoms. The fourth-order valence-corrected chi connectivity index (χ4v) is 5.11.